The Morgan fingerprint density at radius 2 is 1.12 bits per heavy atom. The maximum atomic E-state index is 4.02. The normalized spacial score (nSPS) is 21.3. The van der Waals surface area contributed by atoms with Crippen molar-refractivity contribution in [1.82, 2.24) is 5.32 Å². The van der Waals surface area contributed by atoms with Crippen LogP contribution in [0, 0.1) is 28.6 Å². The van der Waals surface area contributed by atoms with E-state index in [9.17, 15) is 0 Å². The third kappa shape index (κ3) is 9.50. The molecule has 0 saturated heterocycles. The van der Waals surface area contributed by atoms with E-state index < -0.39 is 0 Å². The molecule has 0 aromatic rings. The Kier molecular flexibility index (Phi) is 13.4. The Bertz CT molecular complexity index is 481. The molecule has 2 fully saturated rings. The molecule has 0 heterocycles. The van der Waals surface area contributed by atoms with E-state index in [0.717, 1.165) is 17.8 Å². The van der Waals surface area contributed by atoms with Crippen molar-refractivity contribution in [2.75, 3.05) is 6.54 Å². The largest absolute Gasteiger partial charge is 0.313 e. The number of unbranched alkanes of at least 4 members (excludes halogenated alkanes) is 5. The maximum Gasteiger partial charge on any atom is 0.0121 e. The molecule has 2 saturated carbocycles. The summed E-state index contributed by atoms with van der Waals surface area (Å²) in [6.45, 7) is 16.4. The molecule has 0 aromatic heterocycles. The summed E-state index contributed by atoms with van der Waals surface area (Å²) in [5.41, 5.74) is 0.997. The lowest BCUT2D eigenvalue weighted by molar-refractivity contribution is 0.0852. The third-order valence-corrected chi connectivity index (χ3v) is 10.5. The van der Waals surface area contributed by atoms with Crippen molar-refractivity contribution < 1.29 is 0 Å². The lowest BCUT2D eigenvalue weighted by atomic mass is 9.64. The number of nitrogens with one attached hydrogen (secondary N) is 1. The van der Waals surface area contributed by atoms with Crippen LogP contribution in [0.1, 0.15) is 164 Å². The fraction of sp³-hybridized carbons (Fsp3) is 1.00. The molecule has 2 rings (SSSR count). The molecule has 0 bridgehead atoms. The highest BCUT2D eigenvalue weighted by Gasteiger charge is 2.37. The van der Waals surface area contributed by atoms with Crippen LogP contribution in [0.3, 0.4) is 0 Å². The van der Waals surface area contributed by atoms with Crippen LogP contribution in [-0.2, 0) is 0 Å². The van der Waals surface area contributed by atoms with Crippen LogP contribution in [0.2, 0.25) is 0 Å². The maximum absolute atomic E-state index is 4.02. The monoisotopic (exact) mass is 461 g/mol. The molecule has 2 unspecified atom stereocenters. The molecule has 0 aromatic carbocycles. The van der Waals surface area contributed by atoms with Gasteiger partial charge in [-0.1, -0.05) is 125 Å². The summed E-state index contributed by atoms with van der Waals surface area (Å²) in [4.78, 5) is 0. The highest BCUT2D eigenvalue weighted by molar-refractivity contribution is 4.91. The molecule has 0 amide bonds. The summed E-state index contributed by atoms with van der Waals surface area (Å²) >= 11 is 0. The van der Waals surface area contributed by atoms with Gasteiger partial charge in [-0.05, 0) is 73.7 Å². The predicted molar refractivity (Wildman–Crippen MR) is 149 cm³/mol. The molecule has 1 N–H and O–H groups in total. The second-order valence-electron chi connectivity index (χ2n) is 13.4. The molecule has 0 spiro atoms. The smallest absolute Gasteiger partial charge is 0.0121 e. The Balaban J connectivity index is 1.67. The van der Waals surface area contributed by atoms with E-state index in [1.165, 1.54) is 129 Å². The van der Waals surface area contributed by atoms with Gasteiger partial charge in [0, 0.05) is 6.04 Å². The number of hydrogen-bond acceptors (Lipinski definition) is 1. The van der Waals surface area contributed by atoms with Gasteiger partial charge in [-0.25, -0.2) is 0 Å². The van der Waals surface area contributed by atoms with Gasteiger partial charge in [-0.3, -0.25) is 0 Å². The first-order valence-corrected chi connectivity index (χ1v) is 15.5. The van der Waals surface area contributed by atoms with E-state index in [1.807, 2.05) is 0 Å². The zero-order valence-corrected chi connectivity index (χ0v) is 24.0. The zero-order valence-electron chi connectivity index (χ0n) is 24.0. The van der Waals surface area contributed by atoms with Crippen LogP contribution < -0.4 is 5.32 Å². The second kappa shape index (κ2) is 15.2. The van der Waals surface area contributed by atoms with Crippen LogP contribution in [0.5, 0.6) is 0 Å². The number of hydrogen-bond donors (Lipinski definition) is 1. The SMILES string of the molecule is CCCCNC(CCCCCCCC(C)C(C)(C)C1CCCCC1)C(C)(C)C1CCCCC1. The van der Waals surface area contributed by atoms with Crippen molar-refractivity contribution in [3.63, 3.8) is 0 Å². The average molecular weight is 462 g/mol. The Hall–Kier alpha value is -0.0400. The summed E-state index contributed by atoms with van der Waals surface area (Å²) in [6, 6.07) is 0.712. The van der Waals surface area contributed by atoms with Crippen LogP contribution in [0.25, 0.3) is 0 Å². The Morgan fingerprint density at radius 1 is 0.636 bits per heavy atom. The Morgan fingerprint density at radius 3 is 1.67 bits per heavy atom. The van der Waals surface area contributed by atoms with Gasteiger partial charge in [0.05, 0.1) is 0 Å². The number of rotatable bonds is 16. The van der Waals surface area contributed by atoms with Gasteiger partial charge in [-0.15, -0.1) is 0 Å². The quantitative estimate of drug-likeness (QED) is 0.225. The lowest BCUT2D eigenvalue weighted by Gasteiger charge is -2.44. The van der Waals surface area contributed by atoms with Crippen LogP contribution in [0.15, 0.2) is 0 Å². The Labute approximate surface area is 210 Å². The van der Waals surface area contributed by atoms with Crippen molar-refractivity contribution in [2.24, 2.45) is 28.6 Å². The minimum Gasteiger partial charge on any atom is -0.313 e. The van der Waals surface area contributed by atoms with Gasteiger partial charge in [0.1, 0.15) is 0 Å². The summed E-state index contributed by atoms with van der Waals surface area (Å²) < 4.78 is 0. The highest BCUT2D eigenvalue weighted by Crippen LogP contribution is 2.45. The van der Waals surface area contributed by atoms with E-state index in [4.69, 9.17) is 0 Å². The molecule has 196 valence electrons. The first-order valence-electron chi connectivity index (χ1n) is 15.5. The minimum atomic E-state index is 0.453. The highest BCUT2D eigenvalue weighted by atomic mass is 14.9. The van der Waals surface area contributed by atoms with Crippen molar-refractivity contribution in [2.45, 2.75) is 170 Å². The molecule has 2 aliphatic carbocycles. The van der Waals surface area contributed by atoms with Crippen LogP contribution in [0.4, 0.5) is 0 Å². The lowest BCUT2D eigenvalue weighted by Crippen LogP contribution is -2.47. The van der Waals surface area contributed by atoms with Gasteiger partial charge in [0.2, 0.25) is 0 Å². The standard InChI is InChI=1S/C32H63N/c1-7-8-26-33-30(32(5,6)29-23-17-13-18-24-29)25-19-11-9-10-14-20-27(2)31(3,4)28-21-15-12-16-22-28/h27-30,33H,7-26H2,1-6H3. The van der Waals surface area contributed by atoms with Gasteiger partial charge in [0.25, 0.3) is 0 Å². The molecule has 2 aliphatic rings. The molecule has 1 nitrogen and oxygen atoms in total. The zero-order chi connectivity index (χ0) is 24.2. The van der Waals surface area contributed by atoms with E-state index in [0.29, 0.717) is 16.9 Å². The van der Waals surface area contributed by atoms with Gasteiger partial charge >= 0.3 is 0 Å². The fourth-order valence-corrected chi connectivity index (χ4v) is 7.27. The second-order valence-corrected chi connectivity index (χ2v) is 13.4. The third-order valence-electron chi connectivity index (χ3n) is 10.5. The van der Waals surface area contributed by atoms with Crippen molar-refractivity contribution in [3.8, 4) is 0 Å². The van der Waals surface area contributed by atoms with E-state index in [-0.39, 0.29) is 0 Å². The molecular weight excluding hydrogens is 398 g/mol. The van der Waals surface area contributed by atoms with Gasteiger partial charge in [0.15, 0.2) is 0 Å². The average Bonchev–Trinajstić information content (AvgIpc) is 2.83. The summed E-state index contributed by atoms with van der Waals surface area (Å²) in [5.74, 6) is 2.79. The van der Waals surface area contributed by atoms with Crippen LogP contribution in [-0.4, -0.2) is 12.6 Å². The fourth-order valence-electron chi connectivity index (χ4n) is 7.27. The van der Waals surface area contributed by atoms with Crippen molar-refractivity contribution >= 4 is 0 Å². The molecule has 1 heteroatoms. The molecule has 33 heavy (non-hydrogen) atoms. The topological polar surface area (TPSA) is 12.0 Å². The van der Waals surface area contributed by atoms with E-state index >= 15 is 0 Å². The molecule has 0 radical (unpaired) electrons. The van der Waals surface area contributed by atoms with Crippen LogP contribution >= 0.6 is 0 Å². The van der Waals surface area contributed by atoms with E-state index in [1.54, 1.807) is 0 Å². The summed E-state index contributed by atoms with van der Waals surface area (Å²) in [6.07, 6.45) is 27.4. The minimum absolute atomic E-state index is 0.453. The molecule has 2 atom stereocenters. The van der Waals surface area contributed by atoms with Crippen molar-refractivity contribution in [3.05, 3.63) is 0 Å². The molecular formula is C32H63N. The predicted octanol–water partition coefficient (Wildman–Crippen LogP) is 10.3. The summed E-state index contributed by atoms with van der Waals surface area (Å²) in [5, 5.41) is 4.02. The van der Waals surface area contributed by atoms with Crippen molar-refractivity contribution in [1.29, 1.82) is 0 Å². The first kappa shape index (κ1) is 29.2. The first-order chi connectivity index (χ1) is 15.8. The summed E-state index contributed by atoms with van der Waals surface area (Å²) in [7, 11) is 0. The van der Waals surface area contributed by atoms with Gasteiger partial charge in [-0.2, -0.15) is 0 Å². The van der Waals surface area contributed by atoms with E-state index in [2.05, 4.69) is 46.9 Å². The molecule has 0 aliphatic heterocycles. The van der Waals surface area contributed by atoms with Gasteiger partial charge < -0.3 is 5.32 Å².